The first-order valence-corrected chi connectivity index (χ1v) is 8.97. The first-order valence-electron chi connectivity index (χ1n) is 8.97. The zero-order valence-electron chi connectivity index (χ0n) is 16.0. The van der Waals surface area contributed by atoms with Gasteiger partial charge in [0.2, 0.25) is 5.91 Å². The number of carbonyl (C=O) groups is 1. The maximum absolute atomic E-state index is 12.8. The third-order valence-electron chi connectivity index (χ3n) is 4.19. The van der Waals surface area contributed by atoms with Crippen LogP contribution in [0.1, 0.15) is 18.4 Å². The van der Waals surface area contributed by atoms with Crippen LogP contribution in [-0.4, -0.2) is 42.5 Å². The van der Waals surface area contributed by atoms with Gasteiger partial charge >= 0.3 is 0 Å². The predicted octanol–water partition coefficient (Wildman–Crippen LogP) is 3.77. The molecular weight excluding hydrogens is 365 g/mol. The lowest BCUT2D eigenvalue weighted by Crippen LogP contribution is -2.26. The van der Waals surface area contributed by atoms with Crippen molar-refractivity contribution in [2.45, 2.75) is 19.8 Å². The number of amides is 1. The van der Waals surface area contributed by atoms with Gasteiger partial charge in [-0.25, -0.2) is 4.39 Å². The van der Waals surface area contributed by atoms with Gasteiger partial charge in [-0.05, 0) is 50.2 Å². The number of halogens is 1. The Hall–Kier alpha value is -3.00. The van der Waals surface area contributed by atoms with Crippen LogP contribution in [0.2, 0.25) is 0 Å². The second-order valence-corrected chi connectivity index (χ2v) is 6.51. The molecule has 0 fully saturated rings. The average molecular weight is 389 g/mol. The number of hydrogen-bond acceptors (Lipinski definition) is 5. The molecule has 7 nitrogen and oxygen atoms in total. The van der Waals surface area contributed by atoms with Gasteiger partial charge in [0.05, 0.1) is 17.2 Å². The average Bonchev–Trinajstić information content (AvgIpc) is 2.66. The number of nitro groups is 1. The Balaban J connectivity index is 1.68. The number of aryl methyl sites for hydroxylation is 1. The van der Waals surface area contributed by atoms with E-state index >= 15 is 0 Å². The molecular formula is C20H24FN3O4. The quantitative estimate of drug-likeness (QED) is 0.380. The van der Waals surface area contributed by atoms with Crippen LogP contribution < -0.4 is 10.1 Å². The Morgan fingerprint density at radius 2 is 1.93 bits per heavy atom. The smallest absolute Gasteiger partial charge is 0.271 e. The fraction of sp³-hybridized carbons (Fsp3) is 0.350. The number of carbonyl (C=O) groups excluding carboxylic acids is 1. The predicted molar refractivity (Wildman–Crippen MR) is 105 cm³/mol. The molecule has 0 aliphatic heterocycles. The lowest BCUT2D eigenvalue weighted by atomic mass is 10.1. The molecule has 2 aromatic carbocycles. The highest BCUT2D eigenvalue weighted by atomic mass is 19.1. The molecule has 0 unspecified atom stereocenters. The fourth-order valence-corrected chi connectivity index (χ4v) is 2.53. The Kier molecular flexibility index (Phi) is 7.88. The molecule has 0 bridgehead atoms. The van der Waals surface area contributed by atoms with E-state index in [0.29, 0.717) is 24.6 Å². The van der Waals surface area contributed by atoms with Crippen LogP contribution in [0.25, 0.3) is 0 Å². The van der Waals surface area contributed by atoms with E-state index in [0.717, 1.165) is 18.5 Å². The van der Waals surface area contributed by atoms with Crippen molar-refractivity contribution in [3.63, 3.8) is 0 Å². The van der Waals surface area contributed by atoms with Crippen molar-refractivity contribution in [2.75, 3.05) is 32.1 Å². The molecule has 0 saturated heterocycles. The molecule has 0 radical (unpaired) electrons. The summed E-state index contributed by atoms with van der Waals surface area (Å²) in [4.78, 5) is 24.5. The van der Waals surface area contributed by atoms with Gasteiger partial charge in [0.15, 0.2) is 0 Å². The zero-order valence-corrected chi connectivity index (χ0v) is 16.0. The van der Waals surface area contributed by atoms with Crippen LogP contribution >= 0.6 is 0 Å². The van der Waals surface area contributed by atoms with E-state index in [4.69, 9.17) is 4.74 Å². The molecule has 0 heterocycles. The summed E-state index contributed by atoms with van der Waals surface area (Å²) in [5.74, 6) is 0.124. The van der Waals surface area contributed by atoms with Gasteiger partial charge in [0.25, 0.3) is 5.69 Å². The number of anilines is 1. The molecule has 150 valence electrons. The molecule has 0 aromatic heterocycles. The minimum atomic E-state index is -0.489. The van der Waals surface area contributed by atoms with Crippen molar-refractivity contribution in [1.82, 2.24) is 4.90 Å². The Morgan fingerprint density at radius 1 is 1.21 bits per heavy atom. The van der Waals surface area contributed by atoms with Crippen molar-refractivity contribution < 1.29 is 18.8 Å². The Bertz CT molecular complexity index is 812. The maximum atomic E-state index is 12.8. The molecule has 2 aromatic rings. The molecule has 28 heavy (non-hydrogen) atoms. The summed E-state index contributed by atoms with van der Waals surface area (Å²) >= 11 is 0. The summed E-state index contributed by atoms with van der Waals surface area (Å²) in [6, 6.07) is 10.3. The highest BCUT2D eigenvalue weighted by Crippen LogP contribution is 2.22. The minimum Gasteiger partial charge on any atom is -0.494 e. The second kappa shape index (κ2) is 10.4. The number of ether oxygens (including phenoxy) is 1. The Labute approximate surface area is 163 Å². The fourth-order valence-electron chi connectivity index (χ4n) is 2.53. The van der Waals surface area contributed by atoms with Crippen LogP contribution in [0.15, 0.2) is 42.5 Å². The van der Waals surface area contributed by atoms with Gasteiger partial charge in [0.1, 0.15) is 11.6 Å². The molecule has 0 atom stereocenters. The third kappa shape index (κ3) is 6.96. The van der Waals surface area contributed by atoms with E-state index in [9.17, 15) is 19.3 Å². The van der Waals surface area contributed by atoms with E-state index in [1.54, 1.807) is 25.1 Å². The molecule has 0 aliphatic carbocycles. The van der Waals surface area contributed by atoms with Crippen LogP contribution in [0.4, 0.5) is 15.8 Å². The van der Waals surface area contributed by atoms with E-state index in [1.165, 1.54) is 24.3 Å². The van der Waals surface area contributed by atoms with E-state index in [2.05, 4.69) is 5.32 Å². The SMILES string of the molecule is Cc1ccc([N+](=O)[O-])cc1NC(=O)CCN(C)CCCOc1ccc(F)cc1. The van der Waals surface area contributed by atoms with Crippen molar-refractivity contribution in [2.24, 2.45) is 0 Å². The summed E-state index contributed by atoms with van der Waals surface area (Å²) < 4.78 is 18.4. The van der Waals surface area contributed by atoms with Gasteiger partial charge in [-0.1, -0.05) is 6.07 Å². The molecule has 1 N–H and O–H groups in total. The topological polar surface area (TPSA) is 84.7 Å². The van der Waals surface area contributed by atoms with Gasteiger partial charge in [-0.2, -0.15) is 0 Å². The van der Waals surface area contributed by atoms with Crippen LogP contribution in [0, 0.1) is 22.9 Å². The monoisotopic (exact) mass is 389 g/mol. The normalized spacial score (nSPS) is 10.7. The first kappa shape index (κ1) is 21.3. The number of nitrogens with one attached hydrogen (secondary N) is 1. The second-order valence-electron chi connectivity index (χ2n) is 6.51. The lowest BCUT2D eigenvalue weighted by Gasteiger charge is -2.16. The standard InChI is InChI=1S/C20H24FN3O4/c1-15-4-7-17(24(26)27)14-19(15)22-20(25)10-12-23(2)11-3-13-28-18-8-5-16(21)6-9-18/h4-9,14H,3,10-13H2,1-2H3,(H,22,25). The number of nitrogens with zero attached hydrogens (tertiary/aromatic N) is 2. The largest absolute Gasteiger partial charge is 0.494 e. The summed E-state index contributed by atoms with van der Waals surface area (Å²) in [5.41, 5.74) is 1.17. The van der Waals surface area contributed by atoms with E-state index in [-0.39, 0.29) is 23.8 Å². The number of rotatable bonds is 10. The Morgan fingerprint density at radius 3 is 2.61 bits per heavy atom. The number of benzene rings is 2. The van der Waals surface area contributed by atoms with Crippen molar-refractivity contribution >= 4 is 17.3 Å². The highest BCUT2D eigenvalue weighted by Gasteiger charge is 2.11. The summed E-state index contributed by atoms with van der Waals surface area (Å²) in [7, 11) is 1.91. The molecule has 0 aliphatic rings. The van der Waals surface area contributed by atoms with Crippen molar-refractivity contribution in [3.8, 4) is 5.75 Å². The first-order chi connectivity index (χ1) is 13.3. The molecule has 8 heteroatoms. The lowest BCUT2D eigenvalue weighted by molar-refractivity contribution is -0.384. The molecule has 1 amide bonds. The third-order valence-corrected chi connectivity index (χ3v) is 4.19. The van der Waals surface area contributed by atoms with Crippen LogP contribution in [-0.2, 0) is 4.79 Å². The molecule has 0 saturated carbocycles. The highest BCUT2D eigenvalue weighted by molar-refractivity contribution is 5.92. The van der Waals surface area contributed by atoms with Crippen LogP contribution in [0.5, 0.6) is 5.75 Å². The van der Waals surface area contributed by atoms with E-state index in [1.807, 2.05) is 11.9 Å². The van der Waals surface area contributed by atoms with Crippen molar-refractivity contribution in [1.29, 1.82) is 0 Å². The zero-order chi connectivity index (χ0) is 20.5. The van der Waals surface area contributed by atoms with Gasteiger partial charge in [-0.15, -0.1) is 0 Å². The van der Waals surface area contributed by atoms with Gasteiger partial charge in [-0.3, -0.25) is 14.9 Å². The van der Waals surface area contributed by atoms with Gasteiger partial charge < -0.3 is 15.0 Å². The maximum Gasteiger partial charge on any atom is 0.271 e. The number of hydrogen-bond donors (Lipinski definition) is 1. The number of nitro benzene ring substituents is 1. The molecule has 0 spiro atoms. The summed E-state index contributed by atoms with van der Waals surface area (Å²) in [5, 5.41) is 13.6. The summed E-state index contributed by atoms with van der Waals surface area (Å²) in [6.45, 7) is 3.57. The summed E-state index contributed by atoms with van der Waals surface area (Å²) in [6.07, 6.45) is 1.04. The van der Waals surface area contributed by atoms with Crippen molar-refractivity contribution in [3.05, 3.63) is 64.0 Å². The van der Waals surface area contributed by atoms with E-state index < -0.39 is 4.92 Å². The molecule has 2 rings (SSSR count). The van der Waals surface area contributed by atoms with Gasteiger partial charge in [0, 0.05) is 31.6 Å². The van der Waals surface area contributed by atoms with Crippen LogP contribution in [0.3, 0.4) is 0 Å². The number of non-ortho nitro benzene ring substituents is 1. The minimum absolute atomic E-state index is 0.0563.